The second-order valence-corrected chi connectivity index (χ2v) is 5.06. The number of rotatable bonds is 2. The number of piperidine rings is 1. The molecule has 1 aliphatic heterocycles. The van der Waals surface area contributed by atoms with Gasteiger partial charge in [-0.1, -0.05) is 27.7 Å². The topological polar surface area (TPSA) is 3.24 Å². The molecule has 1 saturated heterocycles. The molecule has 0 bridgehead atoms. The summed E-state index contributed by atoms with van der Waals surface area (Å²) >= 11 is 0. The quantitative estimate of drug-likeness (QED) is 0.614. The maximum absolute atomic E-state index is 2.63. The fraction of sp³-hybridized carbons (Fsp3) is 1.00. The number of hydrogen-bond acceptors (Lipinski definition) is 1. The lowest BCUT2D eigenvalue weighted by atomic mass is 9.91. The van der Waals surface area contributed by atoms with E-state index in [1.165, 1.54) is 26.1 Å². The number of hydrogen-bond donors (Lipinski definition) is 0. The summed E-state index contributed by atoms with van der Waals surface area (Å²) in [7, 11) is 0. The average molecular weight is 169 g/mol. The Morgan fingerprint density at radius 1 is 1.17 bits per heavy atom. The molecule has 0 aromatic carbocycles. The van der Waals surface area contributed by atoms with Gasteiger partial charge in [-0.15, -0.1) is 0 Å². The third-order valence-corrected chi connectivity index (χ3v) is 2.57. The van der Waals surface area contributed by atoms with Crippen molar-refractivity contribution in [2.45, 2.75) is 34.1 Å². The van der Waals surface area contributed by atoms with Crippen LogP contribution >= 0.6 is 0 Å². The van der Waals surface area contributed by atoms with Crippen LogP contribution in [0.1, 0.15) is 34.1 Å². The molecule has 1 heterocycles. The summed E-state index contributed by atoms with van der Waals surface area (Å²) in [4.78, 5) is 2.63. The monoisotopic (exact) mass is 169 g/mol. The molecule has 0 aliphatic carbocycles. The summed E-state index contributed by atoms with van der Waals surface area (Å²) in [6.45, 7) is 13.3. The predicted octanol–water partition coefficient (Wildman–Crippen LogP) is 2.62. The molecule has 1 unspecified atom stereocenters. The van der Waals surface area contributed by atoms with Crippen LogP contribution in [0.2, 0.25) is 0 Å². The molecule has 0 amide bonds. The predicted molar refractivity (Wildman–Crippen MR) is 54.2 cm³/mol. The largest absolute Gasteiger partial charge is 0.303 e. The van der Waals surface area contributed by atoms with E-state index in [9.17, 15) is 0 Å². The summed E-state index contributed by atoms with van der Waals surface area (Å²) in [6.07, 6.45) is 1.43. The molecule has 1 aliphatic rings. The number of nitrogens with zero attached hydrogens (tertiary/aromatic N) is 1. The minimum Gasteiger partial charge on any atom is -0.303 e. The highest BCUT2D eigenvalue weighted by Crippen LogP contribution is 2.21. The Balaban J connectivity index is 2.34. The van der Waals surface area contributed by atoms with Gasteiger partial charge in [0.05, 0.1) is 0 Å². The van der Waals surface area contributed by atoms with Crippen LogP contribution in [0.25, 0.3) is 0 Å². The molecule has 0 aromatic heterocycles. The zero-order chi connectivity index (χ0) is 9.14. The first kappa shape index (κ1) is 10.0. The van der Waals surface area contributed by atoms with E-state index in [0.717, 1.165) is 17.8 Å². The van der Waals surface area contributed by atoms with Crippen molar-refractivity contribution in [1.29, 1.82) is 0 Å². The van der Waals surface area contributed by atoms with Gasteiger partial charge in [0.15, 0.2) is 0 Å². The van der Waals surface area contributed by atoms with Crippen LogP contribution in [-0.2, 0) is 0 Å². The minimum absolute atomic E-state index is 0.822. The Morgan fingerprint density at radius 3 is 2.08 bits per heavy atom. The van der Waals surface area contributed by atoms with E-state index < -0.39 is 0 Å². The van der Waals surface area contributed by atoms with E-state index in [-0.39, 0.29) is 0 Å². The molecule has 0 spiro atoms. The first-order valence-electron chi connectivity index (χ1n) is 5.30. The van der Waals surface area contributed by atoms with E-state index in [4.69, 9.17) is 0 Å². The van der Waals surface area contributed by atoms with Crippen LogP contribution in [0.15, 0.2) is 0 Å². The van der Waals surface area contributed by atoms with Gasteiger partial charge in [-0.3, -0.25) is 0 Å². The SMILES string of the molecule is CC(C)CN1CC(C)C[C@H](C)C1. The van der Waals surface area contributed by atoms with Crippen molar-refractivity contribution in [3.05, 3.63) is 0 Å². The van der Waals surface area contributed by atoms with E-state index >= 15 is 0 Å². The Bertz CT molecular complexity index is 118. The lowest BCUT2D eigenvalue weighted by Crippen LogP contribution is -2.40. The number of likely N-dealkylation sites (tertiary alicyclic amines) is 1. The van der Waals surface area contributed by atoms with Crippen LogP contribution in [0, 0.1) is 17.8 Å². The average Bonchev–Trinajstić information content (AvgIpc) is 1.81. The Morgan fingerprint density at radius 2 is 1.67 bits per heavy atom. The van der Waals surface area contributed by atoms with Crippen LogP contribution in [0.4, 0.5) is 0 Å². The van der Waals surface area contributed by atoms with Crippen molar-refractivity contribution < 1.29 is 0 Å². The fourth-order valence-electron chi connectivity index (χ4n) is 2.46. The zero-order valence-corrected chi connectivity index (χ0v) is 9.01. The smallest absolute Gasteiger partial charge is 0.000735 e. The minimum atomic E-state index is 0.822. The Labute approximate surface area is 77.1 Å². The molecular weight excluding hydrogens is 146 g/mol. The maximum Gasteiger partial charge on any atom is 0.000735 e. The van der Waals surface area contributed by atoms with Gasteiger partial charge in [-0.05, 0) is 24.2 Å². The zero-order valence-electron chi connectivity index (χ0n) is 9.01. The summed E-state index contributed by atoms with van der Waals surface area (Å²) < 4.78 is 0. The highest BCUT2D eigenvalue weighted by molar-refractivity contribution is 4.74. The van der Waals surface area contributed by atoms with Gasteiger partial charge >= 0.3 is 0 Å². The van der Waals surface area contributed by atoms with Crippen LogP contribution in [0.3, 0.4) is 0 Å². The first-order chi connectivity index (χ1) is 5.58. The highest BCUT2D eigenvalue weighted by atomic mass is 15.1. The lowest BCUT2D eigenvalue weighted by Gasteiger charge is -2.35. The van der Waals surface area contributed by atoms with Gasteiger partial charge in [-0.25, -0.2) is 0 Å². The van der Waals surface area contributed by atoms with Gasteiger partial charge in [0.1, 0.15) is 0 Å². The van der Waals surface area contributed by atoms with Crippen molar-refractivity contribution in [2.75, 3.05) is 19.6 Å². The molecule has 1 rings (SSSR count). The van der Waals surface area contributed by atoms with Gasteiger partial charge < -0.3 is 4.90 Å². The molecule has 0 N–H and O–H groups in total. The molecule has 1 nitrogen and oxygen atoms in total. The van der Waals surface area contributed by atoms with Crippen molar-refractivity contribution in [3.8, 4) is 0 Å². The molecule has 0 radical (unpaired) electrons. The van der Waals surface area contributed by atoms with Crippen molar-refractivity contribution >= 4 is 0 Å². The molecule has 0 aromatic rings. The lowest BCUT2D eigenvalue weighted by molar-refractivity contribution is 0.128. The van der Waals surface area contributed by atoms with Crippen molar-refractivity contribution in [1.82, 2.24) is 4.90 Å². The van der Waals surface area contributed by atoms with Crippen LogP contribution < -0.4 is 0 Å². The molecule has 1 heteroatoms. The Hall–Kier alpha value is -0.0400. The second-order valence-electron chi connectivity index (χ2n) is 5.06. The van der Waals surface area contributed by atoms with E-state index in [1.54, 1.807) is 0 Å². The molecule has 1 fully saturated rings. The van der Waals surface area contributed by atoms with Crippen molar-refractivity contribution in [3.63, 3.8) is 0 Å². The summed E-state index contributed by atoms with van der Waals surface area (Å²) in [5, 5.41) is 0. The van der Waals surface area contributed by atoms with E-state index in [2.05, 4.69) is 32.6 Å². The summed E-state index contributed by atoms with van der Waals surface area (Å²) in [5.41, 5.74) is 0. The molecule has 0 saturated carbocycles. The van der Waals surface area contributed by atoms with Gasteiger partial charge in [0, 0.05) is 19.6 Å². The molecule has 2 atom stereocenters. The first-order valence-corrected chi connectivity index (χ1v) is 5.30. The Kier molecular flexibility index (Phi) is 3.57. The highest BCUT2D eigenvalue weighted by Gasteiger charge is 2.21. The molecular formula is C11H23N. The van der Waals surface area contributed by atoms with Gasteiger partial charge in [0.2, 0.25) is 0 Å². The molecule has 12 heavy (non-hydrogen) atoms. The fourth-order valence-corrected chi connectivity index (χ4v) is 2.46. The third kappa shape index (κ3) is 3.14. The van der Waals surface area contributed by atoms with Crippen molar-refractivity contribution in [2.24, 2.45) is 17.8 Å². The third-order valence-electron chi connectivity index (χ3n) is 2.57. The van der Waals surface area contributed by atoms with Crippen LogP contribution in [-0.4, -0.2) is 24.5 Å². The second kappa shape index (κ2) is 4.27. The van der Waals surface area contributed by atoms with E-state index in [0.29, 0.717) is 0 Å². The molecule has 72 valence electrons. The van der Waals surface area contributed by atoms with Gasteiger partial charge in [-0.2, -0.15) is 0 Å². The van der Waals surface area contributed by atoms with E-state index in [1.807, 2.05) is 0 Å². The van der Waals surface area contributed by atoms with Gasteiger partial charge in [0.25, 0.3) is 0 Å². The normalized spacial score (nSPS) is 32.8. The summed E-state index contributed by atoms with van der Waals surface area (Å²) in [6, 6.07) is 0. The maximum atomic E-state index is 2.63. The summed E-state index contributed by atoms with van der Waals surface area (Å²) in [5.74, 6) is 2.64. The van der Waals surface area contributed by atoms with Crippen LogP contribution in [0.5, 0.6) is 0 Å². The standard InChI is InChI=1S/C11H23N/c1-9(2)6-12-7-10(3)5-11(4)8-12/h9-11H,5-8H2,1-4H3/t10-,11?/m0/s1.